The van der Waals surface area contributed by atoms with Gasteiger partial charge < -0.3 is 14.8 Å². The lowest BCUT2D eigenvalue weighted by Gasteiger charge is -2.10. The molecule has 154 valence electrons. The monoisotopic (exact) mass is 412 g/mol. The number of nitrogens with zero attached hydrogens (tertiary/aromatic N) is 1. The van der Waals surface area contributed by atoms with E-state index in [1.807, 2.05) is 0 Å². The fourth-order valence-electron chi connectivity index (χ4n) is 2.14. The van der Waals surface area contributed by atoms with Crippen molar-refractivity contribution >= 4 is 23.3 Å². The Morgan fingerprint density at radius 1 is 1.10 bits per heavy atom. The minimum absolute atomic E-state index is 0.00877. The molecule has 1 N–H and O–H groups in total. The third kappa shape index (κ3) is 6.79. The fourth-order valence-corrected chi connectivity index (χ4v) is 2.14. The number of hydrogen-bond donors (Lipinski definition) is 1. The molecule has 2 aromatic rings. The van der Waals surface area contributed by atoms with Crippen LogP contribution in [0.5, 0.6) is 5.75 Å². The van der Waals surface area contributed by atoms with Crippen molar-refractivity contribution in [3.8, 4) is 5.75 Å². The van der Waals surface area contributed by atoms with Gasteiger partial charge in [-0.05, 0) is 24.3 Å². The van der Waals surface area contributed by atoms with E-state index >= 15 is 0 Å². The zero-order valence-corrected chi connectivity index (χ0v) is 14.8. The van der Waals surface area contributed by atoms with Crippen molar-refractivity contribution in [3.05, 3.63) is 64.2 Å². The molecule has 2 rings (SSSR count). The highest BCUT2D eigenvalue weighted by Crippen LogP contribution is 2.34. The minimum atomic E-state index is -4.77. The number of benzene rings is 2. The summed E-state index contributed by atoms with van der Waals surface area (Å²) in [6, 6.07) is 10.3. The second kappa shape index (κ2) is 9.53. The summed E-state index contributed by atoms with van der Waals surface area (Å²) in [4.78, 5) is 33.3. The number of carbonyl (C=O) groups is 2. The van der Waals surface area contributed by atoms with Crippen LogP contribution in [0.3, 0.4) is 0 Å². The maximum Gasteiger partial charge on any atom is 0.416 e. The average molecular weight is 412 g/mol. The van der Waals surface area contributed by atoms with E-state index in [-0.39, 0.29) is 13.0 Å². The summed E-state index contributed by atoms with van der Waals surface area (Å²) in [7, 11) is 0. The first-order chi connectivity index (χ1) is 13.7. The Kier molecular flexibility index (Phi) is 7.12. The molecule has 1 amide bonds. The number of rotatable bonds is 8. The maximum absolute atomic E-state index is 12.7. The van der Waals surface area contributed by atoms with Crippen LogP contribution in [0.25, 0.3) is 0 Å². The Morgan fingerprint density at radius 2 is 1.79 bits per heavy atom. The van der Waals surface area contributed by atoms with Crippen molar-refractivity contribution in [1.82, 2.24) is 0 Å². The van der Waals surface area contributed by atoms with Crippen molar-refractivity contribution < 1.29 is 37.2 Å². The molecule has 0 aliphatic rings. The molecule has 0 saturated heterocycles. The van der Waals surface area contributed by atoms with Crippen LogP contribution in [0.4, 0.5) is 24.5 Å². The maximum atomic E-state index is 12.7. The van der Waals surface area contributed by atoms with Gasteiger partial charge in [-0.2, -0.15) is 13.2 Å². The van der Waals surface area contributed by atoms with Crippen LogP contribution < -0.4 is 10.1 Å². The summed E-state index contributed by atoms with van der Waals surface area (Å²) in [6.45, 7) is -0.753. The number of esters is 1. The molecule has 0 atom stereocenters. The number of hydrogen-bond acceptors (Lipinski definition) is 6. The van der Waals surface area contributed by atoms with Crippen molar-refractivity contribution in [2.45, 2.75) is 12.6 Å². The molecule has 0 aliphatic heterocycles. The Labute approximate surface area is 162 Å². The molecule has 0 radical (unpaired) electrons. The standard InChI is InChI=1S/C18H15F3N2O6/c19-18(20,21)12-6-7-14(15(10-12)23(26)27)22-16(24)11-29-17(25)8-9-28-13-4-2-1-3-5-13/h1-7,10H,8-9,11H2,(H,22,24). The van der Waals surface area contributed by atoms with Gasteiger partial charge >= 0.3 is 12.1 Å². The summed E-state index contributed by atoms with van der Waals surface area (Å²) in [6.07, 6.45) is -4.92. The van der Waals surface area contributed by atoms with Crippen molar-refractivity contribution in [2.75, 3.05) is 18.5 Å². The molecule has 11 heteroatoms. The van der Waals surface area contributed by atoms with E-state index < -0.39 is 46.5 Å². The lowest BCUT2D eigenvalue weighted by atomic mass is 10.1. The molecule has 2 aromatic carbocycles. The summed E-state index contributed by atoms with van der Waals surface area (Å²) >= 11 is 0. The van der Waals surface area contributed by atoms with Gasteiger partial charge in [-0.25, -0.2) is 0 Å². The smallest absolute Gasteiger partial charge is 0.416 e. The van der Waals surface area contributed by atoms with Crippen LogP contribution in [0.15, 0.2) is 48.5 Å². The van der Waals surface area contributed by atoms with Gasteiger partial charge in [-0.1, -0.05) is 18.2 Å². The zero-order valence-electron chi connectivity index (χ0n) is 14.8. The van der Waals surface area contributed by atoms with Crippen LogP contribution in [0.1, 0.15) is 12.0 Å². The third-order valence-corrected chi connectivity index (χ3v) is 3.48. The molecule has 0 unspecified atom stereocenters. The zero-order chi connectivity index (χ0) is 21.4. The van der Waals surface area contributed by atoms with Gasteiger partial charge in [-0.3, -0.25) is 19.7 Å². The van der Waals surface area contributed by atoms with Crippen LogP contribution in [0, 0.1) is 10.1 Å². The summed E-state index contributed by atoms with van der Waals surface area (Å²) < 4.78 is 48.0. The first-order valence-electron chi connectivity index (χ1n) is 8.16. The molecule has 8 nitrogen and oxygen atoms in total. The Hall–Kier alpha value is -3.63. The Balaban J connectivity index is 1.85. The van der Waals surface area contributed by atoms with Gasteiger partial charge in [0.1, 0.15) is 11.4 Å². The molecule has 0 aliphatic carbocycles. The number of nitrogens with one attached hydrogen (secondary N) is 1. The van der Waals surface area contributed by atoms with Gasteiger partial charge in [0.25, 0.3) is 11.6 Å². The van der Waals surface area contributed by atoms with Crippen LogP contribution in [0.2, 0.25) is 0 Å². The molecular weight excluding hydrogens is 397 g/mol. The number of carbonyl (C=O) groups excluding carboxylic acids is 2. The number of nitro groups is 1. The minimum Gasteiger partial charge on any atom is -0.493 e. The largest absolute Gasteiger partial charge is 0.493 e. The van der Waals surface area contributed by atoms with E-state index in [9.17, 15) is 32.9 Å². The predicted octanol–water partition coefficient (Wildman–Crippen LogP) is 3.56. The SMILES string of the molecule is O=C(COC(=O)CCOc1ccccc1)Nc1ccc(C(F)(F)F)cc1[N+](=O)[O-]. The number of amides is 1. The highest BCUT2D eigenvalue weighted by molar-refractivity contribution is 5.94. The molecule has 0 bridgehead atoms. The molecule has 0 aromatic heterocycles. The number of ether oxygens (including phenoxy) is 2. The summed E-state index contributed by atoms with van der Waals surface area (Å²) in [5.74, 6) is -1.14. The number of alkyl halides is 3. The summed E-state index contributed by atoms with van der Waals surface area (Å²) in [5, 5.41) is 13.0. The molecular formula is C18H15F3N2O6. The molecule has 29 heavy (non-hydrogen) atoms. The van der Waals surface area contributed by atoms with E-state index in [0.29, 0.717) is 17.9 Å². The van der Waals surface area contributed by atoms with Gasteiger partial charge in [-0.15, -0.1) is 0 Å². The van der Waals surface area contributed by atoms with Gasteiger partial charge in [0.05, 0.1) is 23.5 Å². The Bertz CT molecular complexity index is 887. The number of para-hydroxylation sites is 1. The van der Waals surface area contributed by atoms with E-state index in [4.69, 9.17) is 9.47 Å². The lowest BCUT2D eigenvalue weighted by molar-refractivity contribution is -0.384. The topological polar surface area (TPSA) is 108 Å². The lowest BCUT2D eigenvalue weighted by Crippen LogP contribution is -2.22. The summed E-state index contributed by atoms with van der Waals surface area (Å²) in [5.41, 5.74) is -2.61. The van der Waals surface area contributed by atoms with Crippen LogP contribution in [-0.4, -0.2) is 30.0 Å². The van der Waals surface area contributed by atoms with Crippen molar-refractivity contribution in [1.29, 1.82) is 0 Å². The van der Waals surface area contributed by atoms with E-state index in [1.54, 1.807) is 30.3 Å². The molecule has 0 spiro atoms. The first kappa shape index (κ1) is 21.7. The van der Waals surface area contributed by atoms with E-state index in [0.717, 1.165) is 6.07 Å². The predicted molar refractivity (Wildman–Crippen MR) is 94.2 cm³/mol. The number of nitro benzene ring substituents is 1. The normalized spacial score (nSPS) is 10.9. The van der Waals surface area contributed by atoms with Crippen LogP contribution in [-0.2, 0) is 20.5 Å². The molecule has 0 saturated carbocycles. The Morgan fingerprint density at radius 3 is 2.41 bits per heavy atom. The van der Waals surface area contributed by atoms with Gasteiger partial charge in [0, 0.05) is 6.07 Å². The van der Waals surface area contributed by atoms with Crippen molar-refractivity contribution in [3.63, 3.8) is 0 Å². The quantitative estimate of drug-likeness (QED) is 0.404. The highest BCUT2D eigenvalue weighted by Gasteiger charge is 2.33. The highest BCUT2D eigenvalue weighted by atomic mass is 19.4. The van der Waals surface area contributed by atoms with Crippen molar-refractivity contribution in [2.24, 2.45) is 0 Å². The van der Waals surface area contributed by atoms with Crippen LogP contribution >= 0.6 is 0 Å². The van der Waals surface area contributed by atoms with E-state index in [2.05, 4.69) is 5.32 Å². The van der Waals surface area contributed by atoms with Gasteiger partial charge in [0.15, 0.2) is 6.61 Å². The third-order valence-electron chi connectivity index (χ3n) is 3.48. The fraction of sp³-hybridized carbons (Fsp3) is 0.222. The first-order valence-corrected chi connectivity index (χ1v) is 8.16. The van der Waals surface area contributed by atoms with Gasteiger partial charge in [0.2, 0.25) is 0 Å². The molecule has 0 fully saturated rings. The second-order valence-electron chi connectivity index (χ2n) is 5.61. The molecule has 0 heterocycles. The second-order valence-corrected chi connectivity index (χ2v) is 5.61. The number of anilines is 1. The number of halogens is 3. The van der Waals surface area contributed by atoms with E-state index in [1.165, 1.54) is 0 Å². The average Bonchev–Trinajstić information content (AvgIpc) is 2.66.